The van der Waals surface area contributed by atoms with Crippen LogP contribution in [0.15, 0.2) is 36.3 Å². The van der Waals surface area contributed by atoms with Gasteiger partial charge in [0.2, 0.25) is 0 Å². The Labute approximate surface area is 134 Å². The highest BCUT2D eigenvalue weighted by Gasteiger charge is 2.15. The number of nitrogens with two attached hydrogens (primary N) is 1. The summed E-state index contributed by atoms with van der Waals surface area (Å²) in [6.07, 6.45) is 0.473. The first kappa shape index (κ1) is 14.7. The van der Waals surface area contributed by atoms with E-state index in [-0.39, 0.29) is 11.9 Å². The third-order valence-corrected chi connectivity index (χ3v) is 5.42. The second-order valence-corrected chi connectivity index (χ2v) is 8.49. The predicted octanol–water partition coefficient (Wildman–Crippen LogP) is 5.42. The minimum absolute atomic E-state index is 0.224. The van der Waals surface area contributed by atoms with Crippen LogP contribution in [-0.4, -0.2) is 0 Å². The van der Waals surface area contributed by atoms with Gasteiger partial charge >= 0.3 is 0 Å². The van der Waals surface area contributed by atoms with Crippen molar-refractivity contribution in [2.45, 2.75) is 12.5 Å². The van der Waals surface area contributed by atoms with Crippen LogP contribution in [0.2, 0.25) is 0 Å². The maximum atomic E-state index is 13.7. The maximum Gasteiger partial charge on any atom is 0.127 e. The lowest BCUT2D eigenvalue weighted by atomic mass is 10.0. The van der Waals surface area contributed by atoms with E-state index in [1.807, 2.05) is 12.1 Å². The molecule has 0 amide bonds. The largest absolute Gasteiger partial charge is 0.324 e. The van der Waals surface area contributed by atoms with Crippen LogP contribution in [0.4, 0.5) is 4.39 Å². The Morgan fingerprint density at radius 2 is 1.94 bits per heavy atom. The van der Waals surface area contributed by atoms with Crippen molar-refractivity contribution in [2.24, 2.45) is 5.73 Å². The molecule has 1 heterocycles. The molecule has 2 aromatic rings. The molecule has 1 atom stereocenters. The Kier molecular flexibility index (Phi) is 4.99. The lowest BCUT2D eigenvalue weighted by molar-refractivity contribution is 0.592. The monoisotopic (exact) mass is 455 g/mol. The Hall–Kier alpha value is 0.250. The molecule has 0 aliphatic rings. The van der Waals surface area contributed by atoms with Gasteiger partial charge in [0.25, 0.3) is 0 Å². The first-order chi connectivity index (χ1) is 8.47. The zero-order valence-electron chi connectivity index (χ0n) is 9.09. The van der Waals surface area contributed by atoms with Crippen LogP contribution in [0.25, 0.3) is 0 Å². The molecule has 0 fully saturated rings. The first-order valence-electron chi connectivity index (χ1n) is 5.11. The summed E-state index contributed by atoms with van der Waals surface area (Å²) in [5.74, 6) is -0.231. The van der Waals surface area contributed by atoms with Gasteiger partial charge in [0.1, 0.15) is 5.82 Å². The molecule has 6 heteroatoms. The highest BCUT2D eigenvalue weighted by molar-refractivity contribution is 9.12. The van der Waals surface area contributed by atoms with Crippen LogP contribution in [0.1, 0.15) is 17.2 Å². The Balaban J connectivity index is 2.21. The summed E-state index contributed by atoms with van der Waals surface area (Å²) in [7, 11) is 0. The van der Waals surface area contributed by atoms with Crippen LogP contribution in [-0.2, 0) is 6.42 Å². The number of hydrogen-bond donors (Lipinski definition) is 1. The summed E-state index contributed by atoms with van der Waals surface area (Å²) in [6, 6.07) is 6.78. The van der Waals surface area contributed by atoms with Crippen molar-refractivity contribution in [1.29, 1.82) is 0 Å². The molecule has 2 N–H and O–H groups in total. The van der Waals surface area contributed by atoms with E-state index in [4.69, 9.17) is 5.73 Å². The van der Waals surface area contributed by atoms with Crippen LogP contribution < -0.4 is 5.73 Å². The maximum absolute atomic E-state index is 13.7. The molecule has 0 aliphatic carbocycles. The molecule has 1 unspecified atom stereocenters. The molecule has 0 spiro atoms. The second-order valence-electron chi connectivity index (χ2n) is 3.83. The van der Waals surface area contributed by atoms with Gasteiger partial charge in [-0.1, -0.05) is 22.0 Å². The molecule has 0 bridgehead atoms. The van der Waals surface area contributed by atoms with Gasteiger partial charge in [0.15, 0.2) is 0 Å². The Morgan fingerprint density at radius 1 is 1.22 bits per heavy atom. The summed E-state index contributed by atoms with van der Waals surface area (Å²) in [6.45, 7) is 0. The number of rotatable bonds is 3. The third kappa shape index (κ3) is 3.42. The molecule has 0 radical (unpaired) electrons. The van der Waals surface area contributed by atoms with Gasteiger partial charge < -0.3 is 5.73 Å². The van der Waals surface area contributed by atoms with Crippen LogP contribution in [0.3, 0.4) is 0 Å². The van der Waals surface area contributed by atoms with Crippen LogP contribution in [0.5, 0.6) is 0 Å². The van der Waals surface area contributed by atoms with E-state index in [2.05, 4.69) is 47.8 Å². The van der Waals surface area contributed by atoms with Gasteiger partial charge in [-0.15, -0.1) is 11.3 Å². The molecule has 96 valence electrons. The van der Waals surface area contributed by atoms with E-state index in [9.17, 15) is 4.39 Å². The summed E-state index contributed by atoms with van der Waals surface area (Å²) in [5.41, 5.74) is 7.75. The summed E-state index contributed by atoms with van der Waals surface area (Å²) < 4.78 is 16.5. The van der Waals surface area contributed by atoms with Crippen LogP contribution in [0, 0.1) is 5.82 Å². The van der Waals surface area contributed by atoms with E-state index < -0.39 is 0 Å². The molecule has 1 nitrogen and oxygen atoms in total. The number of thiophene rings is 1. The summed E-state index contributed by atoms with van der Waals surface area (Å²) >= 11 is 11.7. The van der Waals surface area contributed by atoms with Gasteiger partial charge in [-0.05, 0) is 67.6 Å². The molecule has 1 aromatic carbocycles. The lowest BCUT2D eigenvalue weighted by Gasteiger charge is -2.12. The van der Waals surface area contributed by atoms with E-state index in [0.29, 0.717) is 12.0 Å². The predicted molar refractivity (Wildman–Crippen MR) is 84.5 cm³/mol. The van der Waals surface area contributed by atoms with Crippen molar-refractivity contribution >= 4 is 59.1 Å². The van der Waals surface area contributed by atoms with Crippen molar-refractivity contribution < 1.29 is 4.39 Å². The highest BCUT2D eigenvalue weighted by atomic mass is 79.9. The Morgan fingerprint density at radius 3 is 2.50 bits per heavy atom. The summed E-state index contributed by atoms with van der Waals surface area (Å²) in [4.78, 5) is 0. The van der Waals surface area contributed by atoms with Crippen molar-refractivity contribution in [3.63, 3.8) is 0 Å². The molecule has 0 aliphatic heterocycles. The molecule has 0 saturated heterocycles. The second kappa shape index (κ2) is 6.13. The van der Waals surface area contributed by atoms with Gasteiger partial charge in [0.05, 0.1) is 7.57 Å². The highest BCUT2D eigenvalue weighted by Crippen LogP contribution is 2.36. The fraction of sp³-hybridized carbons (Fsp3) is 0.167. The van der Waals surface area contributed by atoms with E-state index in [1.54, 1.807) is 17.4 Å². The zero-order valence-corrected chi connectivity index (χ0v) is 14.7. The molecular weight excluding hydrogens is 449 g/mol. The standard InChI is InChI=1S/C12H9Br3FNS/c13-7-2-1-6(9(16)4-7)3-10(17)8-5-11(14)18-12(8)15/h1-2,4-5,10H,3,17H2. The van der Waals surface area contributed by atoms with E-state index in [1.165, 1.54) is 6.07 Å². The van der Waals surface area contributed by atoms with Crippen molar-refractivity contribution in [3.8, 4) is 0 Å². The van der Waals surface area contributed by atoms with Gasteiger partial charge in [-0.3, -0.25) is 0 Å². The lowest BCUT2D eigenvalue weighted by Crippen LogP contribution is -2.13. The topological polar surface area (TPSA) is 26.0 Å². The Bertz CT molecular complexity index is 570. The molecule has 2 rings (SSSR count). The van der Waals surface area contributed by atoms with Crippen molar-refractivity contribution in [2.75, 3.05) is 0 Å². The smallest absolute Gasteiger partial charge is 0.127 e. The average Bonchev–Trinajstić information content (AvgIpc) is 2.62. The molecule has 18 heavy (non-hydrogen) atoms. The zero-order chi connectivity index (χ0) is 13.3. The third-order valence-electron chi connectivity index (χ3n) is 2.54. The van der Waals surface area contributed by atoms with Crippen LogP contribution >= 0.6 is 59.1 Å². The molecule has 0 saturated carbocycles. The van der Waals surface area contributed by atoms with E-state index >= 15 is 0 Å². The fourth-order valence-corrected chi connectivity index (χ4v) is 4.97. The number of hydrogen-bond acceptors (Lipinski definition) is 2. The number of benzene rings is 1. The minimum atomic E-state index is -0.231. The van der Waals surface area contributed by atoms with E-state index in [0.717, 1.165) is 17.6 Å². The van der Waals surface area contributed by atoms with Gasteiger partial charge in [-0.25, -0.2) is 4.39 Å². The van der Waals surface area contributed by atoms with Crippen molar-refractivity contribution in [1.82, 2.24) is 0 Å². The SMILES string of the molecule is NC(Cc1ccc(Br)cc1F)c1cc(Br)sc1Br. The normalized spacial score (nSPS) is 12.7. The number of halogens is 4. The summed E-state index contributed by atoms with van der Waals surface area (Å²) in [5, 5.41) is 0. The average molecular weight is 458 g/mol. The van der Waals surface area contributed by atoms with Gasteiger partial charge in [0, 0.05) is 10.5 Å². The van der Waals surface area contributed by atoms with Gasteiger partial charge in [-0.2, -0.15) is 0 Å². The fourth-order valence-electron chi connectivity index (χ4n) is 1.64. The minimum Gasteiger partial charge on any atom is -0.324 e. The molecule has 1 aromatic heterocycles. The quantitative estimate of drug-likeness (QED) is 0.654. The van der Waals surface area contributed by atoms with Crippen molar-refractivity contribution in [3.05, 3.63) is 53.3 Å². The molecular formula is C12H9Br3FNS. The first-order valence-corrected chi connectivity index (χ1v) is 8.31.